The van der Waals surface area contributed by atoms with Crippen molar-refractivity contribution in [1.29, 1.82) is 5.26 Å². The highest BCUT2D eigenvalue weighted by atomic mass is 16.2. The fourth-order valence-electron chi connectivity index (χ4n) is 2.56. The lowest BCUT2D eigenvalue weighted by Crippen LogP contribution is -2.34. The van der Waals surface area contributed by atoms with Crippen molar-refractivity contribution in [2.24, 2.45) is 5.41 Å². The zero-order valence-corrected chi connectivity index (χ0v) is 11.3. The monoisotopic (exact) mass is 257 g/mol. The molecular formula is C15H19N3O. The van der Waals surface area contributed by atoms with Crippen LogP contribution in [0.1, 0.15) is 44.1 Å². The summed E-state index contributed by atoms with van der Waals surface area (Å²) in [5, 5.41) is 12.2. The van der Waals surface area contributed by atoms with Gasteiger partial charge in [-0.05, 0) is 37.5 Å². The molecule has 1 aromatic rings. The maximum atomic E-state index is 12.4. The van der Waals surface area contributed by atoms with E-state index in [1.54, 1.807) is 6.20 Å². The van der Waals surface area contributed by atoms with Crippen LogP contribution in [0.3, 0.4) is 0 Å². The average Bonchev–Trinajstić information content (AvgIpc) is 2.65. The molecule has 0 aromatic carbocycles. The highest BCUT2D eigenvalue weighted by Gasteiger charge is 2.39. The third-order valence-electron chi connectivity index (χ3n) is 3.76. The first-order chi connectivity index (χ1) is 9.16. The van der Waals surface area contributed by atoms with E-state index in [0.29, 0.717) is 18.7 Å². The molecule has 0 aliphatic heterocycles. The second-order valence-electron chi connectivity index (χ2n) is 5.28. The smallest absolute Gasteiger partial charge is 0.246 e. The average molecular weight is 257 g/mol. The second kappa shape index (κ2) is 5.83. The Bertz CT molecular complexity index is 496. The summed E-state index contributed by atoms with van der Waals surface area (Å²) in [4.78, 5) is 16.5. The largest absolute Gasteiger partial charge is 0.309 e. The minimum Gasteiger partial charge on any atom is -0.309 e. The second-order valence-corrected chi connectivity index (χ2v) is 5.28. The molecule has 1 aliphatic carbocycles. The number of amides is 1. The van der Waals surface area contributed by atoms with Gasteiger partial charge in [-0.25, -0.2) is 4.98 Å². The minimum absolute atomic E-state index is 0.199. The van der Waals surface area contributed by atoms with Gasteiger partial charge in [0.15, 0.2) is 0 Å². The number of hydrogen-bond acceptors (Lipinski definition) is 3. The number of carbonyl (C=O) groups is 1. The SMILES string of the molecule is Cc1ccnc(NC(=O)C2(C#N)CCCCCC2)c1. The van der Waals surface area contributed by atoms with Crippen LogP contribution in [0.2, 0.25) is 0 Å². The quantitative estimate of drug-likeness (QED) is 0.827. The molecule has 1 fully saturated rings. The van der Waals surface area contributed by atoms with Crippen LogP contribution in [0.5, 0.6) is 0 Å². The summed E-state index contributed by atoms with van der Waals surface area (Å²) in [6.07, 6.45) is 7.09. The van der Waals surface area contributed by atoms with E-state index >= 15 is 0 Å². The Morgan fingerprint density at radius 1 is 1.37 bits per heavy atom. The standard InChI is InChI=1S/C15H19N3O/c1-12-6-9-17-13(10-12)18-14(19)15(11-16)7-4-2-3-5-8-15/h6,9-10H,2-5,7-8H2,1H3,(H,17,18,19). The van der Waals surface area contributed by atoms with Gasteiger partial charge in [-0.3, -0.25) is 4.79 Å². The van der Waals surface area contributed by atoms with E-state index in [0.717, 1.165) is 31.2 Å². The van der Waals surface area contributed by atoms with Gasteiger partial charge in [0.25, 0.3) is 0 Å². The Hall–Kier alpha value is -1.89. The summed E-state index contributed by atoms with van der Waals surface area (Å²) in [6, 6.07) is 5.95. The van der Waals surface area contributed by atoms with Gasteiger partial charge in [-0.1, -0.05) is 25.7 Å². The molecular weight excluding hydrogens is 238 g/mol. The lowest BCUT2D eigenvalue weighted by atomic mass is 9.81. The number of aryl methyl sites for hydroxylation is 1. The molecule has 1 saturated carbocycles. The van der Waals surface area contributed by atoms with E-state index in [-0.39, 0.29) is 5.91 Å². The maximum absolute atomic E-state index is 12.4. The fraction of sp³-hybridized carbons (Fsp3) is 0.533. The topological polar surface area (TPSA) is 65.8 Å². The van der Waals surface area contributed by atoms with Crippen LogP contribution in [0, 0.1) is 23.7 Å². The molecule has 19 heavy (non-hydrogen) atoms. The van der Waals surface area contributed by atoms with Crippen molar-refractivity contribution in [2.45, 2.75) is 45.4 Å². The minimum atomic E-state index is -0.873. The Balaban J connectivity index is 2.15. The van der Waals surface area contributed by atoms with Crippen molar-refractivity contribution >= 4 is 11.7 Å². The zero-order valence-electron chi connectivity index (χ0n) is 11.3. The summed E-state index contributed by atoms with van der Waals surface area (Å²) >= 11 is 0. The molecule has 4 heteroatoms. The van der Waals surface area contributed by atoms with Crippen LogP contribution in [0.25, 0.3) is 0 Å². The van der Waals surface area contributed by atoms with Gasteiger partial charge >= 0.3 is 0 Å². The molecule has 100 valence electrons. The van der Waals surface area contributed by atoms with Crippen molar-refractivity contribution in [3.05, 3.63) is 23.9 Å². The normalized spacial score (nSPS) is 18.1. The highest BCUT2D eigenvalue weighted by molar-refractivity contribution is 5.96. The summed E-state index contributed by atoms with van der Waals surface area (Å²) < 4.78 is 0. The van der Waals surface area contributed by atoms with Crippen molar-refractivity contribution in [2.75, 3.05) is 5.32 Å². The first kappa shape index (κ1) is 13.5. The lowest BCUT2D eigenvalue weighted by Gasteiger charge is -2.23. The van der Waals surface area contributed by atoms with Gasteiger partial charge in [-0.15, -0.1) is 0 Å². The van der Waals surface area contributed by atoms with E-state index in [2.05, 4.69) is 16.4 Å². The van der Waals surface area contributed by atoms with Gasteiger partial charge in [0.05, 0.1) is 6.07 Å². The molecule has 1 aliphatic rings. The Morgan fingerprint density at radius 3 is 2.63 bits per heavy atom. The summed E-state index contributed by atoms with van der Waals surface area (Å²) in [6.45, 7) is 1.95. The van der Waals surface area contributed by atoms with Gasteiger partial charge in [0.2, 0.25) is 5.91 Å². The van der Waals surface area contributed by atoms with Gasteiger partial charge in [-0.2, -0.15) is 5.26 Å². The fourth-order valence-corrected chi connectivity index (χ4v) is 2.56. The van der Waals surface area contributed by atoms with Gasteiger partial charge in [0.1, 0.15) is 11.2 Å². The van der Waals surface area contributed by atoms with Crippen LogP contribution >= 0.6 is 0 Å². The van der Waals surface area contributed by atoms with Crippen LogP contribution in [0.15, 0.2) is 18.3 Å². The Kier molecular flexibility index (Phi) is 4.16. The van der Waals surface area contributed by atoms with E-state index in [1.165, 1.54) is 0 Å². The Labute approximate surface area is 113 Å². The first-order valence-electron chi connectivity index (χ1n) is 6.82. The van der Waals surface area contributed by atoms with E-state index in [1.807, 2.05) is 19.1 Å². The molecule has 1 aromatic heterocycles. The molecule has 0 spiro atoms. The molecule has 1 amide bonds. The zero-order chi connectivity index (χ0) is 13.7. The first-order valence-corrected chi connectivity index (χ1v) is 6.82. The molecule has 4 nitrogen and oxygen atoms in total. The third-order valence-corrected chi connectivity index (χ3v) is 3.76. The van der Waals surface area contributed by atoms with E-state index < -0.39 is 5.41 Å². The summed E-state index contributed by atoms with van der Waals surface area (Å²) in [5.41, 5.74) is 0.166. The summed E-state index contributed by atoms with van der Waals surface area (Å²) in [5.74, 6) is 0.332. The number of nitriles is 1. The van der Waals surface area contributed by atoms with Crippen LogP contribution < -0.4 is 5.32 Å². The maximum Gasteiger partial charge on any atom is 0.246 e. The number of pyridine rings is 1. The number of nitrogens with one attached hydrogen (secondary N) is 1. The van der Waals surface area contributed by atoms with Crippen LogP contribution in [-0.4, -0.2) is 10.9 Å². The predicted molar refractivity (Wildman–Crippen MR) is 73.4 cm³/mol. The number of carbonyl (C=O) groups excluding carboxylic acids is 1. The van der Waals surface area contributed by atoms with Gasteiger partial charge < -0.3 is 5.32 Å². The lowest BCUT2D eigenvalue weighted by molar-refractivity contribution is -0.123. The number of anilines is 1. The number of hydrogen-bond donors (Lipinski definition) is 1. The van der Waals surface area contributed by atoms with E-state index in [4.69, 9.17) is 0 Å². The number of aromatic nitrogens is 1. The molecule has 0 atom stereocenters. The molecule has 1 heterocycles. The van der Waals surface area contributed by atoms with Crippen molar-refractivity contribution < 1.29 is 4.79 Å². The molecule has 0 radical (unpaired) electrons. The molecule has 2 rings (SSSR count). The van der Waals surface area contributed by atoms with Gasteiger partial charge in [0, 0.05) is 6.20 Å². The molecule has 0 bridgehead atoms. The molecule has 0 saturated heterocycles. The molecule has 0 unspecified atom stereocenters. The molecule has 1 N–H and O–H groups in total. The van der Waals surface area contributed by atoms with Crippen LogP contribution in [0.4, 0.5) is 5.82 Å². The highest BCUT2D eigenvalue weighted by Crippen LogP contribution is 2.35. The van der Waals surface area contributed by atoms with Crippen molar-refractivity contribution in [3.63, 3.8) is 0 Å². The third kappa shape index (κ3) is 3.11. The predicted octanol–water partition coefficient (Wildman–Crippen LogP) is 3.19. The van der Waals surface area contributed by atoms with Crippen molar-refractivity contribution in [3.8, 4) is 6.07 Å². The van der Waals surface area contributed by atoms with Crippen LogP contribution in [-0.2, 0) is 4.79 Å². The van der Waals surface area contributed by atoms with E-state index in [9.17, 15) is 10.1 Å². The summed E-state index contributed by atoms with van der Waals surface area (Å²) in [7, 11) is 0. The van der Waals surface area contributed by atoms with Crippen molar-refractivity contribution in [1.82, 2.24) is 4.98 Å². The number of nitrogens with zero attached hydrogens (tertiary/aromatic N) is 2. The number of rotatable bonds is 2. The Morgan fingerprint density at radius 2 is 2.05 bits per heavy atom.